The summed E-state index contributed by atoms with van der Waals surface area (Å²) in [5, 5.41) is 13.3. The SMILES string of the molecule is CC[C@H](C)n1cc(-c2nc(-c3cnn(PC)c3)cn3nccc23)cn1. The lowest BCUT2D eigenvalue weighted by molar-refractivity contribution is 0.478. The van der Waals surface area contributed by atoms with E-state index in [1.165, 1.54) is 0 Å². The standard InChI is InChI=1S/C17H20N7P/c1-4-12(2)22-9-14(8-19-22)17-16-5-6-18-23(16)11-15(21-17)13-7-20-24(10-13)25-3/h5-12,25H,4H2,1-3H3/t12-/m0/s1. The van der Waals surface area contributed by atoms with E-state index < -0.39 is 0 Å². The number of aromatic nitrogens is 7. The van der Waals surface area contributed by atoms with Crippen LogP contribution in [0, 0.1) is 0 Å². The van der Waals surface area contributed by atoms with Gasteiger partial charge in [-0.15, -0.1) is 0 Å². The first-order chi connectivity index (χ1) is 12.2. The fraction of sp³-hybridized carbons (Fsp3) is 0.294. The molecule has 0 aliphatic carbocycles. The van der Waals surface area contributed by atoms with Gasteiger partial charge in [0, 0.05) is 29.6 Å². The van der Waals surface area contributed by atoms with E-state index in [1.807, 2.05) is 44.5 Å². The molecule has 0 radical (unpaired) electrons. The van der Waals surface area contributed by atoms with E-state index in [4.69, 9.17) is 4.98 Å². The molecule has 4 aromatic rings. The molecule has 1 unspecified atom stereocenters. The lowest BCUT2D eigenvalue weighted by Crippen LogP contribution is -2.03. The van der Waals surface area contributed by atoms with E-state index in [2.05, 4.69) is 42.0 Å². The Morgan fingerprint density at radius 2 is 1.92 bits per heavy atom. The van der Waals surface area contributed by atoms with Crippen LogP contribution in [0.5, 0.6) is 0 Å². The van der Waals surface area contributed by atoms with Crippen molar-refractivity contribution in [1.29, 1.82) is 0 Å². The normalized spacial score (nSPS) is 13.2. The van der Waals surface area contributed by atoms with Crippen LogP contribution in [0.4, 0.5) is 0 Å². The van der Waals surface area contributed by atoms with Gasteiger partial charge in [0.05, 0.1) is 41.7 Å². The fourth-order valence-corrected chi connectivity index (χ4v) is 3.19. The fourth-order valence-electron chi connectivity index (χ4n) is 2.74. The van der Waals surface area contributed by atoms with Crippen LogP contribution in [-0.2, 0) is 0 Å². The minimum Gasteiger partial charge on any atom is -0.269 e. The highest BCUT2D eigenvalue weighted by Crippen LogP contribution is 2.27. The van der Waals surface area contributed by atoms with Gasteiger partial charge in [0.25, 0.3) is 0 Å². The highest BCUT2D eigenvalue weighted by atomic mass is 31.1. The van der Waals surface area contributed by atoms with Gasteiger partial charge in [-0.2, -0.15) is 15.3 Å². The summed E-state index contributed by atoms with van der Waals surface area (Å²) in [6.07, 6.45) is 12.6. The molecule has 4 heterocycles. The first kappa shape index (κ1) is 16.0. The zero-order valence-corrected chi connectivity index (χ0v) is 15.5. The van der Waals surface area contributed by atoms with Gasteiger partial charge in [0.1, 0.15) is 0 Å². The van der Waals surface area contributed by atoms with Gasteiger partial charge in [0.15, 0.2) is 0 Å². The maximum absolute atomic E-state index is 4.90. The zero-order chi connectivity index (χ0) is 17.4. The summed E-state index contributed by atoms with van der Waals surface area (Å²) in [5.41, 5.74) is 4.69. The van der Waals surface area contributed by atoms with E-state index in [1.54, 1.807) is 6.20 Å². The monoisotopic (exact) mass is 353 g/mol. The Kier molecular flexibility index (Phi) is 4.09. The molecule has 0 saturated carbocycles. The predicted molar refractivity (Wildman–Crippen MR) is 100 cm³/mol. The minimum atomic E-state index is 0.363. The molecule has 8 heteroatoms. The van der Waals surface area contributed by atoms with Crippen molar-refractivity contribution >= 4 is 14.2 Å². The summed E-state index contributed by atoms with van der Waals surface area (Å²) < 4.78 is 5.78. The molecule has 0 saturated heterocycles. The largest absolute Gasteiger partial charge is 0.269 e. The van der Waals surface area contributed by atoms with Crippen LogP contribution in [0.25, 0.3) is 28.0 Å². The van der Waals surface area contributed by atoms with Gasteiger partial charge in [-0.1, -0.05) is 6.92 Å². The van der Waals surface area contributed by atoms with Crippen molar-refractivity contribution < 1.29 is 0 Å². The summed E-state index contributed by atoms with van der Waals surface area (Å²) in [6.45, 7) is 6.41. The molecule has 0 aliphatic rings. The number of fused-ring (bicyclic) bond motifs is 1. The second-order valence-corrected chi connectivity index (χ2v) is 6.90. The van der Waals surface area contributed by atoms with Gasteiger partial charge in [0.2, 0.25) is 0 Å². The highest BCUT2D eigenvalue weighted by molar-refractivity contribution is 7.35. The van der Waals surface area contributed by atoms with Crippen LogP contribution in [0.15, 0.2) is 43.2 Å². The molecule has 25 heavy (non-hydrogen) atoms. The average Bonchev–Trinajstić information content (AvgIpc) is 3.39. The third kappa shape index (κ3) is 2.85. The number of hydrogen-bond acceptors (Lipinski definition) is 4. The Morgan fingerprint density at radius 3 is 2.68 bits per heavy atom. The molecule has 0 spiro atoms. The Labute approximate surface area is 147 Å². The lowest BCUT2D eigenvalue weighted by Gasteiger charge is -2.08. The molecule has 0 fully saturated rings. The van der Waals surface area contributed by atoms with Crippen LogP contribution >= 0.6 is 8.73 Å². The minimum absolute atomic E-state index is 0.363. The molecule has 0 aliphatic heterocycles. The number of hydrogen-bond donors (Lipinski definition) is 0. The first-order valence-corrected chi connectivity index (χ1v) is 9.76. The van der Waals surface area contributed by atoms with Gasteiger partial charge in [-0.25, -0.2) is 9.50 Å². The molecule has 2 atom stereocenters. The second kappa shape index (κ2) is 6.41. The van der Waals surface area contributed by atoms with Crippen molar-refractivity contribution in [3.05, 3.63) is 43.2 Å². The van der Waals surface area contributed by atoms with Gasteiger partial charge < -0.3 is 0 Å². The van der Waals surface area contributed by atoms with Crippen molar-refractivity contribution in [3.8, 4) is 22.5 Å². The molecule has 0 amide bonds. The molecule has 0 aromatic carbocycles. The van der Waals surface area contributed by atoms with Crippen molar-refractivity contribution in [3.63, 3.8) is 0 Å². The van der Waals surface area contributed by atoms with Crippen molar-refractivity contribution in [2.75, 3.05) is 6.66 Å². The van der Waals surface area contributed by atoms with Crippen LogP contribution in [0.1, 0.15) is 26.3 Å². The third-order valence-corrected chi connectivity index (χ3v) is 5.12. The van der Waals surface area contributed by atoms with Gasteiger partial charge in [-0.05, 0) is 34.8 Å². The van der Waals surface area contributed by atoms with E-state index in [0.29, 0.717) is 14.8 Å². The Bertz CT molecular complexity index is 1010. The van der Waals surface area contributed by atoms with E-state index in [-0.39, 0.29) is 0 Å². The predicted octanol–water partition coefficient (Wildman–Crippen LogP) is 3.50. The third-order valence-electron chi connectivity index (χ3n) is 4.41. The zero-order valence-electron chi connectivity index (χ0n) is 14.5. The van der Waals surface area contributed by atoms with Crippen molar-refractivity contribution in [2.24, 2.45) is 0 Å². The highest BCUT2D eigenvalue weighted by Gasteiger charge is 2.14. The Hall–Kier alpha value is -2.53. The summed E-state index contributed by atoms with van der Waals surface area (Å²) in [4.78, 5) is 4.90. The second-order valence-electron chi connectivity index (χ2n) is 6.00. The molecule has 128 valence electrons. The maximum Gasteiger partial charge on any atom is 0.0999 e. The quantitative estimate of drug-likeness (QED) is 0.515. The van der Waals surface area contributed by atoms with E-state index in [9.17, 15) is 0 Å². The number of nitrogens with zero attached hydrogens (tertiary/aromatic N) is 7. The van der Waals surface area contributed by atoms with Crippen LogP contribution in [-0.4, -0.2) is 40.6 Å². The Morgan fingerprint density at radius 1 is 1.08 bits per heavy atom. The van der Waals surface area contributed by atoms with Crippen LogP contribution in [0.2, 0.25) is 0 Å². The average molecular weight is 353 g/mol. The van der Waals surface area contributed by atoms with E-state index >= 15 is 0 Å². The molecule has 7 nitrogen and oxygen atoms in total. The molecular formula is C17H20N7P. The van der Waals surface area contributed by atoms with Crippen LogP contribution < -0.4 is 0 Å². The maximum atomic E-state index is 4.90. The smallest absolute Gasteiger partial charge is 0.0999 e. The van der Waals surface area contributed by atoms with Gasteiger partial charge in [-0.3, -0.25) is 9.13 Å². The summed E-state index contributed by atoms with van der Waals surface area (Å²) >= 11 is 0. The molecular weight excluding hydrogens is 333 g/mol. The summed E-state index contributed by atoms with van der Waals surface area (Å²) in [6, 6.07) is 2.34. The first-order valence-electron chi connectivity index (χ1n) is 8.31. The van der Waals surface area contributed by atoms with Crippen molar-refractivity contribution in [2.45, 2.75) is 26.3 Å². The van der Waals surface area contributed by atoms with Gasteiger partial charge >= 0.3 is 0 Å². The molecule has 0 N–H and O–H groups in total. The molecule has 4 rings (SSSR count). The molecule has 4 aromatic heterocycles. The van der Waals surface area contributed by atoms with Crippen molar-refractivity contribution in [1.82, 2.24) is 33.9 Å². The van der Waals surface area contributed by atoms with E-state index in [0.717, 1.165) is 34.5 Å². The molecule has 0 bridgehead atoms. The topological polar surface area (TPSA) is 65.8 Å². The number of rotatable bonds is 5. The summed E-state index contributed by atoms with van der Waals surface area (Å²) in [7, 11) is 0.595. The summed E-state index contributed by atoms with van der Waals surface area (Å²) in [5.74, 6) is 0. The Balaban J connectivity index is 1.85. The lowest BCUT2D eigenvalue weighted by atomic mass is 10.2. The van der Waals surface area contributed by atoms with Crippen LogP contribution in [0.3, 0.4) is 0 Å².